The summed E-state index contributed by atoms with van der Waals surface area (Å²) in [6, 6.07) is -0.447. The average molecular weight is 180 g/mol. The Kier molecular flexibility index (Phi) is 2.36. The summed E-state index contributed by atoms with van der Waals surface area (Å²) in [4.78, 5) is 10.6. The Labute approximate surface area is 77.8 Å². The number of aliphatic carboxylic acids is 1. The van der Waals surface area contributed by atoms with Crippen LogP contribution in [0.2, 0.25) is 0 Å². The Morgan fingerprint density at radius 1 is 1.31 bits per heavy atom. The molecule has 0 aromatic rings. The molecule has 1 N–H and O–H groups in total. The normalized spacial score (nSPS) is 28.5. The molecular weight excluding hydrogens is 166 g/mol. The first-order valence-corrected chi connectivity index (χ1v) is 4.91. The maximum absolute atomic E-state index is 10.6. The second-order valence-electron chi connectivity index (χ2n) is 3.87. The molecule has 0 aromatic carbocycles. The van der Waals surface area contributed by atoms with Crippen molar-refractivity contribution >= 4 is 5.97 Å². The van der Waals surface area contributed by atoms with Crippen LogP contribution in [0.15, 0.2) is 11.1 Å². The van der Waals surface area contributed by atoms with Crippen LogP contribution in [0.4, 0.5) is 0 Å². The second-order valence-corrected chi connectivity index (χ2v) is 3.87. The lowest BCUT2D eigenvalue weighted by Crippen LogP contribution is -2.48. The third kappa shape index (κ3) is 1.75. The van der Waals surface area contributed by atoms with Gasteiger partial charge in [0.25, 0.3) is 0 Å². The van der Waals surface area contributed by atoms with E-state index in [1.807, 2.05) is 0 Å². The van der Waals surface area contributed by atoms with E-state index < -0.39 is 12.0 Å². The number of carbonyl (C=O) groups is 1. The zero-order valence-corrected chi connectivity index (χ0v) is 7.64. The van der Waals surface area contributed by atoms with Crippen molar-refractivity contribution in [3.63, 3.8) is 0 Å². The third-order valence-electron chi connectivity index (χ3n) is 3.00. The summed E-state index contributed by atoms with van der Waals surface area (Å²) in [5.41, 5.74) is 2.82. The summed E-state index contributed by atoms with van der Waals surface area (Å²) in [6.07, 6.45) is 5.40. The van der Waals surface area contributed by atoms with Gasteiger partial charge in [-0.2, -0.15) is 0 Å². The lowest BCUT2D eigenvalue weighted by Gasteiger charge is -2.31. The van der Waals surface area contributed by atoms with Gasteiger partial charge < -0.3 is 15.2 Å². The highest BCUT2D eigenvalue weighted by Gasteiger charge is 2.22. The minimum atomic E-state index is -0.961. The van der Waals surface area contributed by atoms with Crippen molar-refractivity contribution in [3.05, 3.63) is 11.1 Å². The molecule has 1 atom stereocenters. The lowest BCUT2D eigenvalue weighted by molar-refractivity contribution is -0.308. The van der Waals surface area contributed by atoms with Crippen LogP contribution < -0.4 is 10.4 Å². The van der Waals surface area contributed by atoms with Gasteiger partial charge >= 0.3 is 0 Å². The van der Waals surface area contributed by atoms with Crippen molar-refractivity contribution in [1.29, 1.82) is 0 Å². The molecule has 1 aliphatic carbocycles. The van der Waals surface area contributed by atoms with E-state index in [9.17, 15) is 9.90 Å². The molecule has 0 saturated heterocycles. The number of carboxylic acids is 1. The highest BCUT2D eigenvalue weighted by atomic mass is 16.4. The summed E-state index contributed by atoms with van der Waals surface area (Å²) in [5.74, 6) is -0.961. The number of rotatable bonds is 1. The minimum Gasteiger partial charge on any atom is -0.548 e. The molecule has 3 nitrogen and oxygen atoms in total. The van der Waals surface area contributed by atoms with E-state index in [-0.39, 0.29) is 0 Å². The first-order valence-electron chi connectivity index (χ1n) is 4.91. The van der Waals surface area contributed by atoms with Gasteiger partial charge in [-0.05, 0) is 32.1 Å². The zero-order valence-electron chi connectivity index (χ0n) is 7.64. The first-order chi connectivity index (χ1) is 6.27. The van der Waals surface area contributed by atoms with E-state index in [1.54, 1.807) is 0 Å². The van der Waals surface area contributed by atoms with E-state index >= 15 is 0 Å². The van der Waals surface area contributed by atoms with Crippen molar-refractivity contribution in [2.75, 3.05) is 6.54 Å². The van der Waals surface area contributed by atoms with Crippen LogP contribution in [0.5, 0.6) is 0 Å². The number of nitrogens with one attached hydrogen (secondary N) is 1. The molecule has 0 spiro atoms. The zero-order chi connectivity index (χ0) is 9.26. The predicted octanol–water partition coefficient (Wildman–Crippen LogP) is -0.0312. The van der Waals surface area contributed by atoms with E-state index in [0.29, 0.717) is 6.42 Å². The third-order valence-corrected chi connectivity index (χ3v) is 3.00. The van der Waals surface area contributed by atoms with Crippen molar-refractivity contribution < 1.29 is 9.90 Å². The van der Waals surface area contributed by atoms with Gasteiger partial charge in [-0.3, -0.25) is 0 Å². The van der Waals surface area contributed by atoms with Crippen molar-refractivity contribution in [3.8, 4) is 0 Å². The van der Waals surface area contributed by atoms with Crippen LogP contribution in [-0.4, -0.2) is 18.6 Å². The van der Waals surface area contributed by atoms with E-state index in [4.69, 9.17) is 0 Å². The highest BCUT2D eigenvalue weighted by molar-refractivity contribution is 5.72. The van der Waals surface area contributed by atoms with Gasteiger partial charge in [0.05, 0.1) is 12.0 Å². The van der Waals surface area contributed by atoms with Crippen LogP contribution in [-0.2, 0) is 4.79 Å². The van der Waals surface area contributed by atoms with Crippen LogP contribution in [0.3, 0.4) is 0 Å². The number of hydrogen-bond acceptors (Lipinski definition) is 3. The Balaban J connectivity index is 2.09. The Morgan fingerprint density at radius 3 is 2.69 bits per heavy atom. The molecule has 0 radical (unpaired) electrons. The predicted molar refractivity (Wildman–Crippen MR) is 46.9 cm³/mol. The van der Waals surface area contributed by atoms with Gasteiger partial charge in [-0.25, -0.2) is 0 Å². The quantitative estimate of drug-likeness (QED) is 0.576. The Hall–Kier alpha value is -0.830. The SMILES string of the molecule is O=C([O-])C1CC2=C(CCCC2)CN1. The number of carboxylic acid groups (broad SMARTS) is 1. The number of hydrogen-bond donors (Lipinski definition) is 1. The van der Waals surface area contributed by atoms with E-state index in [2.05, 4.69) is 5.32 Å². The summed E-state index contributed by atoms with van der Waals surface area (Å²) in [7, 11) is 0. The Morgan fingerprint density at radius 2 is 2.00 bits per heavy atom. The second kappa shape index (κ2) is 3.50. The monoisotopic (exact) mass is 180 g/mol. The molecule has 72 valence electrons. The fourth-order valence-corrected chi connectivity index (χ4v) is 2.22. The summed E-state index contributed by atoms with van der Waals surface area (Å²) in [6.45, 7) is 0.758. The molecule has 1 aliphatic heterocycles. The molecule has 1 unspecified atom stereocenters. The molecule has 0 aromatic heterocycles. The molecule has 2 aliphatic rings. The number of carbonyl (C=O) groups excluding carboxylic acids is 1. The van der Waals surface area contributed by atoms with Crippen molar-refractivity contribution in [2.24, 2.45) is 0 Å². The first kappa shape index (κ1) is 8.75. The van der Waals surface area contributed by atoms with Gasteiger partial charge in [0.1, 0.15) is 0 Å². The largest absolute Gasteiger partial charge is 0.548 e. The summed E-state index contributed by atoms with van der Waals surface area (Å²) < 4.78 is 0. The van der Waals surface area contributed by atoms with Crippen molar-refractivity contribution in [2.45, 2.75) is 38.1 Å². The summed E-state index contributed by atoms with van der Waals surface area (Å²) >= 11 is 0. The molecule has 0 bridgehead atoms. The van der Waals surface area contributed by atoms with E-state index in [1.165, 1.54) is 24.0 Å². The molecule has 0 amide bonds. The van der Waals surface area contributed by atoms with Crippen LogP contribution in [0.25, 0.3) is 0 Å². The Bertz CT molecular complexity index is 258. The van der Waals surface area contributed by atoms with Gasteiger partial charge in [-0.15, -0.1) is 0 Å². The standard InChI is InChI=1S/C10H15NO2/c12-10(13)9-5-7-3-1-2-4-8(7)6-11-9/h9,11H,1-6H2,(H,12,13)/p-1. The fourth-order valence-electron chi connectivity index (χ4n) is 2.22. The van der Waals surface area contributed by atoms with Crippen LogP contribution in [0, 0.1) is 0 Å². The van der Waals surface area contributed by atoms with Gasteiger partial charge in [0.15, 0.2) is 0 Å². The van der Waals surface area contributed by atoms with Gasteiger partial charge in [0, 0.05) is 6.54 Å². The topological polar surface area (TPSA) is 52.2 Å². The van der Waals surface area contributed by atoms with Crippen LogP contribution >= 0.6 is 0 Å². The summed E-state index contributed by atoms with van der Waals surface area (Å²) in [5, 5.41) is 13.6. The maximum atomic E-state index is 10.6. The van der Waals surface area contributed by atoms with Gasteiger partial charge in [-0.1, -0.05) is 11.1 Å². The molecule has 1 heterocycles. The van der Waals surface area contributed by atoms with E-state index in [0.717, 1.165) is 19.4 Å². The fraction of sp³-hybridized carbons (Fsp3) is 0.700. The highest BCUT2D eigenvalue weighted by Crippen LogP contribution is 2.29. The molecular formula is C10H14NO2-. The lowest BCUT2D eigenvalue weighted by atomic mass is 9.85. The molecule has 0 saturated carbocycles. The van der Waals surface area contributed by atoms with Gasteiger partial charge in [0.2, 0.25) is 0 Å². The molecule has 2 rings (SSSR count). The maximum Gasteiger partial charge on any atom is 0.0587 e. The smallest absolute Gasteiger partial charge is 0.0587 e. The average Bonchev–Trinajstić information content (AvgIpc) is 2.17. The minimum absolute atomic E-state index is 0.447. The van der Waals surface area contributed by atoms with Crippen molar-refractivity contribution in [1.82, 2.24) is 5.32 Å². The molecule has 0 fully saturated rings. The molecule has 3 heteroatoms. The molecule has 13 heavy (non-hydrogen) atoms. The van der Waals surface area contributed by atoms with Crippen LogP contribution in [0.1, 0.15) is 32.1 Å².